The molecule has 0 amide bonds. The summed E-state index contributed by atoms with van der Waals surface area (Å²) in [5, 5.41) is 0.772. The van der Waals surface area contributed by atoms with Crippen LogP contribution >= 0.6 is 11.6 Å². The van der Waals surface area contributed by atoms with Crippen LogP contribution in [0.5, 0.6) is 0 Å². The third-order valence-corrected chi connectivity index (χ3v) is 4.77. The van der Waals surface area contributed by atoms with Crippen LogP contribution in [0.3, 0.4) is 0 Å². The molecule has 2 unspecified atom stereocenters. The van der Waals surface area contributed by atoms with Gasteiger partial charge in [0, 0.05) is 17.7 Å². The van der Waals surface area contributed by atoms with Crippen molar-refractivity contribution in [2.24, 2.45) is 11.7 Å². The molecule has 2 atom stereocenters. The first-order valence-corrected chi connectivity index (χ1v) is 7.21. The maximum atomic E-state index is 6.42. The van der Waals surface area contributed by atoms with E-state index in [4.69, 9.17) is 22.1 Å². The number of halogens is 1. The second-order valence-corrected chi connectivity index (χ2v) is 6.16. The summed E-state index contributed by atoms with van der Waals surface area (Å²) in [6.45, 7) is 0.860. The van der Waals surface area contributed by atoms with Crippen LogP contribution in [0.4, 0.5) is 0 Å². The summed E-state index contributed by atoms with van der Waals surface area (Å²) in [4.78, 5) is 0. The van der Waals surface area contributed by atoms with E-state index in [-0.39, 0.29) is 11.6 Å². The third kappa shape index (κ3) is 2.29. The Morgan fingerprint density at radius 2 is 2.22 bits per heavy atom. The van der Waals surface area contributed by atoms with Crippen LogP contribution in [0.15, 0.2) is 24.3 Å². The normalized spacial score (nSPS) is 27.8. The predicted molar refractivity (Wildman–Crippen MR) is 73.6 cm³/mol. The van der Waals surface area contributed by atoms with Gasteiger partial charge in [-0.2, -0.15) is 0 Å². The SMILES string of the molecule is NC(c1cccc(Cl)c1)C1CCOC2(CCC2)C1. The van der Waals surface area contributed by atoms with Crippen molar-refractivity contribution in [2.75, 3.05) is 6.61 Å². The van der Waals surface area contributed by atoms with Crippen molar-refractivity contribution in [1.82, 2.24) is 0 Å². The standard InChI is InChI=1S/C15H20ClNO/c16-13-4-1-3-11(9-13)14(17)12-5-8-18-15(10-12)6-2-7-15/h1,3-4,9,12,14H,2,5-8,10,17H2. The van der Waals surface area contributed by atoms with Crippen molar-refractivity contribution in [3.05, 3.63) is 34.9 Å². The molecule has 1 saturated heterocycles. The summed E-state index contributed by atoms with van der Waals surface area (Å²) in [6, 6.07) is 8.05. The zero-order chi connectivity index (χ0) is 12.6. The first-order chi connectivity index (χ1) is 8.69. The molecular weight excluding hydrogens is 246 g/mol. The van der Waals surface area contributed by atoms with Crippen molar-refractivity contribution >= 4 is 11.6 Å². The summed E-state index contributed by atoms with van der Waals surface area (Å²) in [6.07, 6.45) is 5.91. The minimum Gasteiger partial charge on any atom is -0.375 e. The van der Waals surface area contributed by atoms with Gasteiger partial charge in [0.2, 0.25) is 0 Å². The highest BCUT2D eigenvalue weighted by molar-refractivity contribution is 6.30. The van der Waals surface area contributed by atoms with E-state index in [0.29, 0.717) is 5.92 Å². The Balaban J connectivity index is 1.73. The number of benzene rings is 1. The molecule has 2 N–H and O–H groups in total. The molecule has 2 nitrogen and oxygen atoms in total. The van der Waals surface area contributed by atoms with Crippen LogP contribution in [-0.4, -0.2) is 12.2 Å². The van der Waals surface area contributed by atoms with E-state index in [2.05, 4.69) is 6.07 Å². The number of hydrogen-bond acceptors (Lipinski definition) is 2. The van der Waals surface area contributed by atoms with E-state index in [1.54, 1.807) is 0 Å². The molecule has 1 aromatic carbocycles. The highest BCUT2D eigenvalue weighted by Gasteiger charge is 2.43. The van der Waals surface area contributed by atoms with Crippen LogP contribution < -0.4 is 5.73 Å². The second-order valence-electron chi connectivity index (χ2n) is 5.72. The Hall–Kier alpha value is -0.570. The van der Waals surface area contributed by atoms with Crippen LogP contribution in [0.2, 0.25) is 5.02 Å². The van der Waals surface area contributed by atoms with Gasteiger partial charge in [0.15, 0.2) is 0 Å². The quantitative estimate of drug-likeness (QED) is 0.885. The summed E-state index contributed by atoms with van der Waals surface area (Å²) in [7, 11) is 0. The van der Waals surface area contributed by atoms with E-state index < -0.39 is 0 Å². The van der Waals surface area contributed by atoms with Gasteiger partial charge in [-0.3, -0.25) is 0 Å². The Morgan fingerprint density at radius 1 is 1.39 bits per heavy atom. The maximum Gasteiger partial charge on any atom is 0.0686 e. The molecule has 2 fully saturated rings. The molecule has 98 valence electrons. The van der Waals surface area contributed by atoms with Crippen LogP contribution in [0.25, 0.3) is 0 Å². The molecule has 1 aromatic rings. The lowest BCUT2D eigenvalue weighted by Gasteiger charge is -2.48. The summed E-state index contributed by atoms with van der Waals surface area (Å²) in [5.41, 5.74) is 7.75. The van der Waals surface area contributed by atoms with Crippen LogP contribution in [0, 0.1) is 5.92 Å². The maximum absolute atomic E-state index is 6.42. The average Bonchev–Trinajstić information content (AvgIpc) is 2.36. The first kappa shape index (κ1) is 12.5. The zero-order valence-corrected chi connectivity index (χ0v) is 11.3. The Morgan fingerprint density at radius 3 is 2.89 bits per heavy atom. The monoisotopic (exact) mass is 265 g/mol. The van der Waals surface area contributed by atoms with Crippen LogP contribution in [-0.2, 0) is 4.74 Å². The first-order valence-electron chi connectivity index (χ1n) is 6.84. The molecule has 0 aromatic heterocycles. The van der Waals surface area contributed by atoms with Gasteiger partial charge in [-0.1, -0.05) is 23.7 Å². The molecular formula is C15H20ClNO. The van der Waals surface area contributed by atoms with E-state index >= 15 is 0 Å². The number of rotatable bonds is 2. The van der Waals surface area contributed by atoms with E-state index in [1.807, 2.05) is 18.2 Å². The molecule has 1 spiro atoms. The van der Waals surface area contributed by atoms with E-state index in [9.17, 15) is 0 Å². The largest absolute Gasteiger partial charge is 0.375 e. The highest BCUT2D eigenvalue weighted by Crippen LogP contribution is 2.46. The van der Waals surface area contributed by atoms with Gasteiger partial charge >= 0.3 is 0 Å². The lowest BCUT2D eigenvalue weighted by Crippen LogP contribution is -2.47. The van der Waals surface area contributed by atoms with Crippen molar-refractivity contribution in [2.45, 2.75) is 43.7 Å². The molecule has 1 aliphatic carbocycles. The molecule has 2 aliphatic rings. The van der Waals surface area contributed by atoms with E-state index in [0.717, 1.165) is 30.0 Å². The lowest BCUT2D eigenvalue weighted by atomic mass is 9.70. The molecule has 3 heteroatoms. The number of nitrogens with two attached hydrogens (primary N) is 1. The van der Waals surface area contributed by atoms with Crippen molar-refractivity contribution in [3.8, 4) is 0 Å². The lowest BCUT2D eigenvalue weighted by molar-refractivity contribution is -0.146. The Kier molecular flexibility index (Phi) is 3.35. The zero-order valence-electron chi connectivity index (χ0n) is 10.6. The average molecular weight is 266 g/mol. The molecule has 3 rings (SSSR count). The topological polar surface area (TPSA) is 35.2 Å². The number of ether oxygens (including phenoxy) is 1. The van der Waals surface area contributed by atoms with Crippen molar-refractivity contribution in [3.63, 3.8) is 0 Å². The van der Waals surface area contributed by atoms with Crippen LogP contribution in [0.1, 0.15) is 43.7 Å². The second kappa shape index (κ2) is 4.84. The van der Waals surface area contributed by atoms with Gasteiger partial charge in [-0.25, -0.2) is 0 Å². The third-order valence-electron chi connectivity index (χ3n) is 4.54. The fourth-order valence-corrected chi connectivity index (χ4v) is 3.48. The van der Waals surface area contributed by atoms with Gasteiger partial charge in [-0.15, -0.1) is 0 Å². The molecule has 1 aliphatic heterocycles. The molecule has 1 saturated carbocycles. The van der Waals surface area contributed by atoms with Gasteiger partial charge in [0.05, 0.1) is 5.60 Å². The predicted octanol–water partition coefficient (Wildman–Crippen LogP) is 3.69. The van der Waals surface area contributed by atoms with Gasteiger partial charge in [0.25, 0.3) is 0 Å². The summed E-state index contributed by atoms with van der Waals surface area (Å²) >= 11 is 6.04. The van der Waals surface area contributed by atoms with Gasteiger partial charge in [-0.05, 0) is 55.7 Å². The molecule has 0 bridgehead atoms. The fraction of sp³-hybridized carbons (Fsp3) is 0.600. The highest BCUT2D eigenvalue weighted by atomic mass is 35.5. The smallest absolute Gasteiger partial charge is 0.0686 e. The summed E-state index contributed by atoms with van der Waals surface area (Å²) in [5.74, 6) is 0.525. The molecule has 0 radical (unpaired) electrons. The van der Waals surface area contributed by atoms with E-state index in [1.165, 1.54) is 19.3 Å². The Labute approximate surface area is 113 Å². The van der Waals surface area contributed by atoms with Gasteiger partial charge < -0.3 is 10.5 Å². The molecule has 18 heavy (non-hydrogen) atoms. The Bertz CT molecular complexity index is 430. The minimum absolute atomic E-state index is 0.0880. The number of hydrogen-bond donors (Lipinski definition) is 1. The van der Waals surface area contributed by atoms with Crippen molar-refractivity contribution in [1.29, 1.82) is 0 Å². The molecule has 1 heterocycles. The van der Waals surface area contributed by atoms with Crippen molar-refractivity contribution < 1.29 is 4.74 Å². The minimum atomic E-state index is 0.0880. The van der Waals surface area contributed by atoms with Gasteiger partial charge in [0.1, 0.15) is 0 Å². The fourth-order valence-electron chi connectivity index (χ4n) is 3.28. The summed E-state index contributed by atoms with van der Waals surface area (Å²) < 4.78 is 5.96.